The maximum atomic E-state index is 14.1. The molecular weight excluding hydrogens is 565 g/mol. The summed E-state index contributed by atoms with van der Waals surface area (Å²) in [5, 5.41) is 19.1. The number of aliphatic carboxylic acids is 1. The van der Waals surface area contributed by atoms with E-state index >= 15 is 0 Å². The number of nitrogens with zero attached hydrogens (tertiary/aromatic N) is 4. The Morgan fingerprint density at radius 1 is 1.09 bits per heavy atom. The average molecular weight is 607 g/mol. The minimum atomic E-state index is -4.42. The Balaban J connectivity index is 1.58. The molecule has 5 rings (SSSR count). The van der Waals surface area contributed by atoms with Crippen LogP contribution in [0, 0.1) is 25.2 Å². The van der Waals surface area contributed by atoms with Crippen molar-refractivity contribution in [1.82, 2.24) is 19.9 Å². The van der Waals surface area contributed by atoms with Gasteiger partial charge in [0.25, 0.3) is 0 Å². The van der Waals surface area contributed by atoms with Crippen LogP contribution in [0.1, 0.15) is 84.5 Å². The van der Waals surface area contributed by atoms with Crippen molar-refractivity contribution < 1.29 is 23.1 Å². The minimum absolute atomic E-state index is 0.206. The van der Waals surface area contributed by atoms with Gasteiger partial charge in [0.2, 0.25) is 0 Å². The van der Waals surface area contributed by atoms with Crippen LogP contribution in [0.25, 0.3) is 11.0 Å². The quantitative estimate of drug-likeness (QED) is 0.221. The molecular formula is C35H41F3N4O2. The molecule has 1 aliphatic rings. The fraction of sp³-hybridized carbons (Fsp3) is 0.457. The molecule has 9 heteroatoms. The van der Waals surface area contributed by atoms with Crippen LogP contribution in [0.15, 0.2) is 48.5 Å². The van der Waals surface area contributed by atoms with Crippen LogP contribution >= 0.6 is 0 Å². The van der Waals surface area contributed by atoms with Gasteiger partial charge in [-0.25, -0.2) is 4.68 Å². The van der Waals surface area contributed by atoms with Crippen LogP contribution in [0.2, 0.25) is 0 Å². The van der Waals surface area contributed by atoms with Crippen LogP contribution in [0.3, 0.4) is 0 Å². The van der Waals surface area contributed by atoms with Crippen LogP contribution < -0.4 is 0 Å². The van der Waals surface area contributed by atoms with E-state index in [1.165, 1.54) is 12.1 Å². The predicted octanol–water partition coefficient (Wildman–Crippen LogP) is 7.91. The molecule has 2 unspecified atom stereocenters. The molecule has 0 saturated carbocycles. The van der Waals surface area contributed by atoms with Crippen molar-refractivity contribution in [2.45, 2.75) is 86.1 Å². The summed E-state index contributed by atoms with van der Waals surface area (Å²) in [6.07, 6.45) is -2.94. The summed E-state index contributed by atoms with van der Waals surface area (Å²) >= 11 is 0. The van der Waals surface area contributed by atoms with Crippen molar-refractivity contribution in [3.05, 3.63) is 93.0 Å². The lowest BCUT2D eigenvalue weighted by Crippen LogP contribution is -2.33. The van der Waals surface area contributed by atoms with Crippen molar-refractivity contribution >= 4 is 17.0 Å². The lowest BCUT2D eigenvalue weighted by molar-refractivity contribution is -0.147. The summed E-state index contributed by atoms with van der Waals surface area (Å²) in [5.74, 6) is -1.19. The van der Waals surface area contributed by atoms with Crippen LogP contribution in [0.4, 0.5) is 13.2 Å². The monoisotopic (exact) mass is 606 g/mol. The number of halogens is 3. The molecule has 1 aliphatic heterocycles. The fourth-order valence-electron chi connectivity index (χ4n) is 6.82. The standard InChI is InChI=1S/C35H41F3N4O2/c1-7-23-16-24-10-9-11-29(35(36,37)38)28(24)20-41(18-23)19-26-17-25(13-12-21(26)3)31(34(5,6)33(43)44)27-14-15-30-32(22(27)4)39-40-42(30)8-2/h9-15,17,23,31H,7-8,16,18-20H2,1-6H3,(H,43,44). The summed E-state index contributed by atoms with van der Waals surface area (Å²) in [4.78, 5) is 14.8. The molecule has 234 valence electrons. The number of rotatable bonds is 8. The number of hydrogen-bond acceptors (Lipinski definition) is 4. The van der Waals surface area contributed by atoms with Crippen LogP contribution in [-0.2, 0) is 37.0 Å². The highest BCUT2D eigenvalue weighted by Gasteiger charge is 2.41. The van der Waals surface area contributed by atoms with Gasteiger partial charge >= 0.3 is 12.1 Å². The summed E-state index contributed by atoms with van der Waals surface area (Å²) < 4.78 is 44.0. The highest BCUT2D eigenvalue weighted by molar-refractivity contribution is 5.82. The third-order valence-corrected chi connectivity index (χ3v) is 9.53. The van der Waals surface area contributed by atoms with Gasteiger partial charge in [-0.05, 0) is 98.0 Å². The fourth-order valence-corrected chi connectivity index (χ4v) is 6.82. The van der Waals surface area contributed by atoms with Gasteiger partial charge in [0.15, 0.2) is 0 Å². The average Bonchev–Trinajstić information content (AvgIpc) is 3.30. The maximum Gasteiger partial charge on any atom is 0.416 e. The van der Waals surface area contributed by atoms with Gasteiger partial charge in [0, 0.05) is 32.1 Å². The summed E-state index contributed by atoms with van der Waals surface area (Å²) in [7, 11) is 0. The van der Waals surface area contributed by atoms with Gasteiger partial charge in [0.05, 0.1) is 16.5 Å². The normalized spacial score (nSPS) is 17.0. The summed E-state index contributed by atoms with van der Waals surface area (Å²) in [6.45, 7) is 13.5. The van der Waals surface area contributed by atoms with E-state index in [1.807, 2.05) is 55.8 Å². The molecule has 0 bridgehead atoms. The molecule has 1 N–H and O–H groups in total. The third kappa shape index (κ3) is 5.86. The highest BCUT2D eigenvalue weighted by atomic mass is 19.4. The second kappa shape index (κ2) is 12.0. The molecule has 0 fully saturated rings. The number of hydrogen-bond donors (Lipinski definition) is 1. The Morgan fingerprint density at radius 2 is 1.84 bits per heavy atom. The Labute approximate surface area is 256 Å². The van der Waals surface area contributed by atoms with Crippen molar-refractivity contribution in [2.24, 2.45) is 11.3 Å². The van der Waals surface area contributed by atoms with Crippen molar-refractivity contribution in [1.29, 1.82) is 0 Å². The number of fused-ring (bicyclic) bond motifs is 2. The zero-order valence-corrected chi connectivity index (χ0v) is 26.3. The van der Waals surface area contributed by atoms with Crippen LogP contribution in [0.5, 0.6) is 0 Å². The second-order valence-corrected chi connectivity index (χ2v) is 12.8. The Morgan fingerprint density at radius 3 is 2.50 bits per heavy atom. The van der Waals surface area contributed by atoms with Gasteiger partial charge < -0.3 is 5.11 Å². The molecule has 0 aliphatic carbocycles. The van der Waals surface area contributed by atoms with Gasteiger partial charge in [-0.15, -0.1) is 5.10 Å². The molecule has 2 heterocycles. The molecule has 0 saturated heterocycles. The molecule has 3 aromatic carbocycles. The van der Waals surface area contributed by atoms with E-state index < -0.39 is 29.0 Å². The van der Waals surface area contributed by atoms with Gasteiger partial charge in [-0.1, -0.05) is 55.0 Å². The SMILES string of the molecule is CCC1Cc2cccc(C(F)(F)F)c2CN(Cc2cc(C(c3ccc4c(nnn4CC)c3C)C(C)(C)C(=O)O)ccc2C)C1. The molecule has 1 aromatic heterocycles. The van der Waals surface area contributed by atoms with E-state index in [9.17, 15) is 23.1 Å². The van der Waals surface area contributed by atoms with E-state index in [0.29, 0.717) is 31.6 Å². The number of aromatic nitrogens is 3. The van der Waals surface area contributed by atoms with E-state index in [4.69, 9.17) is 0 Å². The molecule has 0 radical (unpaired) electrons. The van der Waals surface area contributed by atoms with Crippen molar-refractivity contribution in [3.8, 4) is 0 Å². The largest absolute Gasteiger partial charge is 0.481 e. The number of aryl methyl sites for hydroxylation is 3. The number of alkyl halides is 3. The Hall–Kier alpha value is -3.72. The Kier molecular flexibility index (Phi) is 8.64. The molecule has 4 aromatic rings. The van der Waals surface area contributed by atoms with E-state index in [0.717, 1.165) is 50.8 Å². The lowest BCUT2D eigenvalue weighted by Gasteiger charge is -2.33. The molecule has 0 amide bonds. The van der Waals surface area contributed by atoms with E-state index in [1.54, 1.807) is 13.8 Å². The zero-order valence-electron chi connectivity index (χ0n) is 26.3. The van der Waals surface area contributed by atoms with Gasteiger partial charge in [-0.3, -0.25) is 9.69 Å². The first kappa shape index (κ1) is 31.7. The predicted molar refractivity (Wildman–Crippen MR) is 165 cm³/mol. The molecule has 2 atom stereocenters. The topological polar surface area (TPSA) is 71.2 Å². The summed E-state index contributed by atoms with van der Waals surface area (Å²) in [5.41, 5.74) is 5.65. The number of carboxylic acid groups (broad SMARTS) is 1. The van der Waals surface area contributed by atoms with Crippen LogP contribution in [-0.4, -0.2) is 37.5 Å². The molecule has 44 heavy (non-hydrogen) atoms. The first-order chi connectivity index (χ1) is 20.8. The van der Waals surface area contributed by atoms with Crippen molar-refractivity contribution in [3.63, 3.8) is 0 Å². The minimum Gasteiger partial charge on any atom is -0.481 e. The third-order valence-electron chi connectivity index (χ3n) is 9.53. The second-order valence-electron chi connectivity index (χ2n) is 12.8. The molecule has 0 spiro atoms. The lowest BCUT2D eigenvalue weighted by atomic mass is 9.69. The number of carbonyl (C=O) groups is 1. The summed E-state index contributed by atoms with van der Waals surface area (Å²) in [6, 6.07) is 14.5. The smallest absolute Gasteiger partial charge is 0.416 e. The highest BCUT2D eigenvalue weighted by Crippen LogP contribution is 2.44. The van der Waals surface area contributed by atoms with Crippen molar-refractivity contribution in [2.75, 3.05) is 6.54 Å². The first-order valence-electron chi connectivity index (χ1n) is 15.3. The molecule has 6 nitrogen and oxygen atoms in total. The van der Waals surface area contributed by atoms with E-state index in [2.05, 4.69) is 28.2 Å². The number of benzene rings is 3. The maximum absolute atomic E-state index is 14.1. The van der Waals surface area contributed by atoms with E-state index in [-0.39, 0.29) is 12.5 Å². The zero-order chi connectivity index (χ0) is 32.0. The van der Waals surface area contributed by atoms with Gasteiger partial charge in [-0.2, -0.15) is 13.2 Å². The van der Waals surface area contributed by atoms with Gasteiger partial charge in [0.1, 0.15) is 5.52 Å². The number of carboxylic acids is 1. The Bertz CT molecular complexity index is 1690. The first-order valence-corrected chi connectivity index (χ1v) is 15.3.